The number of nitrogens with zero attached hydrogens (tertiary/aromatic N) is 3. The molecule has 0 aliphatic rings. The summed E-state index contributed by atoms with van der Waals surface area (Å²) in [6, 6.07) is 4.00. The zero-order chi connectivity index (χ0) is 11.5. The smallest absolute Gasteiger partial charge is 0.0952 e. The number of hydrogen-bond donors (Lipinski definition) is 1. The Morgan fingerprint density at radius 1 is 1.50 bits per heavy atom. The van der Waals surface area contributed by atoms with Crippen LogP contribution in [0.25, 0.3) is 0 Å². The molecule has 0 aliphatic carbocycles. The molecule has 0 bridgehead atoms. The average molecular weight is 216 g/mol. The molecule has 0 amide bonds. The number of rotatable bonds is 3. The Kier molecular flexibility index (Phi) is 3.01. The van der Waals surface area contributed by atoms with E-state index in [0.717, 1.165) is 17.9 Å². The first-order chi connectivity index (χ1) is 7.68. The number of hydrogen-bond acceptors (Lipinski definition) is 3. The highest BCUT2D eigenvalue weighted by molar-refractivity contribution is 5.19. The first-order valence-electron chi connectivity index (χ1n) is 5.34. The van der Waals surface area contributed by atoms with Crippen LogP contribution >= 0.6 is 0 Å². The van der Waals surface area contributed by atoms with Crippen molar-refractivity contribution in [1.29, 1.82) is 0 Å². The van der Waals surface area contributed by atoms with Crippen molar-refractivity contribution in [2.45, 2.75) is 26.4 Å². The van der Waals surface area contributed by atoms with Gasteiger partial charge in [-0.2, -0.15) is 0 Å². The fraction of sp³-hybridized carbons (Fsp3) is 0.333. The largest absolute Gasteiger partial charge is 0.327 e. The summed E-state index contributed by atoms with van der Waals surface area (Å²) in [5.41, 5.74) is 9.15. The highest BCUT2D eigenvalue weighted by Crippen LogP contribution is 2.12. The molecule has 1 atom stereocenters. The molecule has 2 rings (SSSR count). The van der Waals surface area contributed by atoms with Crippen LogP contribution in [-0.2, 0) is 6.54 Å². The Morgan fingerprint density at radius 2 is 2.31 bits per heavy atom. The van der Waals surface area contributed by atoms with E-state index in [1.165, 1.54) is 5.56 Å². The van der Waals surface area contributed by atoms with E-state index < -0.39 is 0 Å². The van der Waals surface area contributed by atoms with E-state index in [9.17, 15) is 0 Å². The second-order valence-corrected chi connectivity index (χ2v) is 4.00. The Balaban J connectivity index is 2.27. The SMILES string of the molecule is Cc1cccnc1Cn1cncc1C(C)N. The molecule has 0 aliphatic heterocycles. The number of imidazole rings is 1. The standard InChI is InChI=1S/C12H16N4/c1-9-4-3-5-15-11(9)7-16-8-14-6-12(16)10(2)13/h3-6,8,10H,7,13H2,1-2H3. The van der Waals surface area contributed by atoms with Crippen molar-refractivity contribution < 1.29 is 0 Å². The van der Waals surface area contributed by atoms with Crippen molar-refractivity contribution >= 4 is 0 Å². The molecule has 0 radical (unpaired) electrons. The fourth-order valence-electron chi connectivity index (χ4n) is 1.69. The van der Waals surface area contributed by atoms with Gasteiger partial charge in [-0.25, -0.2) is 4.98 Å². The van der Waals surface area contributed by atoms with Gasteiger partial charge in [-0.05, 0) is 25.5 Å². The first kappa shape index (κ1) is 10.8. The van der Waals surface area contributed by atoms with Gasteiger partial charge in [0.25, 0.3) is 0 Å². The third kappa shape index (κ3) is 2.12. The van der Waals surface area contributed by atoms with Crippen molar-refractivity contribution in [3.8, 4) is 0 Å². The van der Waals surface area contributed by atoms with Gasteiger partial charge >= 0.3 is 0 Å². The van der Waals surface area contributed by atoms with Crippen LogP contribution in [0.4, 0.5) is 0 Å². The minimum Gasteiger partial charge on any atom is -0.327 e. The summed E-state index contributed by atoms with van der Waals surface area (Å²) in [6.07, 6.45) is 5.42. The van der Waals surface area contributed by atoms with Gasteiger partial charge in [-0.1, -0.05) is 6.07 Å². The van der Waals surface area contributed by atoms with Gasteiger partial charge in [-0.3, -0.25) is 4.98 Å². The quantitative estimate of drug-likeness (QED) is 0.848. The van der Waals surface area contributed by atoms with Crippen molar-refractivity contribution in [2.75, 3.05) is 0 Å². The lowest BCUT2D eigenvalue weighted by Crippen LogP contribution is -2.13. The minimum atomic E-state index is -0.00785. The van der Waals surface area contributed by atoms with E-state index in [0.29, 0.717) is 0 Å². The van der Waals surface area contributed by atoms with E-state index in [1.807, 2.05) is 30.0 Å². The highest BCUT2D eigenvalue weighted by atomic mass is 15.1. The van der Waals surface area contributed by atoms with Gasteiger partial charge in [0.1, 0.15) is 0 Å². The molecular formula is C12H16N4. The number of aromatic nitrogens is 3. The van der Waals surface area contributed by atoms with Crippen LogP contribution in [0.5, 0.6) is 0 Å². The van der Waals surface area contributed by atoms with Gasteiger partial charge in [0.05, 0.1) is 24.3 Å². The number of pyridine rings is 1. The second kappa shape index (κ2) is 4.45. The molecule has 2 aromatic heterocycles. The maximum atomic E-state index is 5.87. The molecule has 1 unspecified atom stereocenters. The molecule has 0 saturated carbocycles. The zero-order valence-corrected chi connectivity index (χ0v) is 9.59. The number of aryl methyl sites for hydroxylation is 1. The van der Waals surface area contributed by atoms with Crippen molar-refractivity contribution in [3.63, 3.8) is 0 Å². The maximum absolute atomic E-state index is 5.87. The van der Waals surface area contributed by atoms with Crippen molar-refractivity contribution in [3.05, 3.63) is 47.8 Å². The third-order valence-corrected chi connectivity index (χ3v) is 2.65. The molecule has 0 saturated heterocycles. The van der Waals surface area contributed by atoms with E-state index in [4.69, 9.17) is 5.73 Å². The molecule has 0 spiro atoms. The summed E-state index contributed by atoms with van der Waals surface area (Å²) >= 11 is 0. The molecule has 4 heteroatoms. The zero-order valence-electron chi connectivity index (χ0n) is 9.59. The molecule has 0 aromatic carbocycles. The van der Waals surface area contributed by atoms with Crippen molar-refractivity contribution in [2.24, 2.45) is 5.73 Å². The molecule has 2 aromatic rings. The van der Waals surface area contributed by atoms with Gasteiger partial charge in [-0.15, -0.1) is 0 Å². The average Bonchev–Trinajstić information content (AvgIpc) is 2.69. The Hall–Kier alpha value is -1.68. The molecule has 0 fully saturated rings. The van der Waals surface area contributed by atoms with Crippen LogP contribution in [0.1, 0.15) is 29.9 Å². The predicted octanol–water partition coefficient (Wildman–Crippen LogP) is 1.65. The Morgan fingerprint density at radius 3 is 3.00 bits per heavy atom. The molecule has 2 heterocycles. The lowest BCUT2D eigenvalue weighted by atomic mass is 10.2. The summed E-state index contributed by atoms with van der Waals surface area (Å²) < 4.78 is 2.04. The molecule has 4 nitrogen and oxygen atoms in total. The summed E-state index contributed by atoms with van der Waals surface area (Å²) in [5.74, 6) is 0. The van der Waals surface area contributed by atoms with Crippen LogP contribution in [0.2, 0.25) is 0 Å². The Labute approximate surface area is 95.1 Å². The van der Waals surface area contributed by atoms with Crippen LogP contribution in [0.15, 0.2) is 30.9 Å². The summed E-state index contributed by atoms with van der Waals surface area (Å²) in [6.45, 7) is 4.74. The number of nitrogens with two attached hydrogens (primary N) is 1. The molecule has 84 valence electrons. The van der Waals surface area contributed by atoms with Gasteiger partial charge < -0.3 is 10.3 Å². The minimum absolute atomic E-state index is 0.00785. The predicted molar refractivity (Wildman–Crippen MR) is 62.9 cm³/mol. The van der Waals surface area contributed by atoms with Gasteiger partial charge in [0.15, 0.2) is 0 Å². The third-order valence-electron chi connectivity index (χ3n) is 2.65. The lowest BCUT2D eigenvalue weighted by Gasteiger charge is -2.11. The van der Waals surface area contributed by atoms with Gasteiger partial charge in [0.2, 0.25) is 0 Å². The van der Waals surface area contributed by atoms with E-state index in [2.05, 4.69) is 23.0 Å². The highest BCUT2D eigenvalue weighted by Gasteiger charge is 2.08. The topological polar surface area (TPSA) is 56.7 Å². The summed E-state index contributed by atoms with van der Waals surface area (Å²) in [5, 5.41) is 0. The van der Waals surface area contributed by atoms with Crippen molar-refractivity contribution in [1.82, 2.24) is 14.5 Å². The summed E-state index contributed by atoms with van der Waals surface area (Å²) in [4.78, 5) is 8.49. The molecule has 2 N–H and O–H groups in total. The van der Waals surface area contributed by atoms with Crippen LogP contribution < -0.4 is 5.73 Å². The normalized spacial score (nSPS) is 12.7. The second-order valence-electron chi connectivity index (χ2n) is 4.00. The van der Waals surface area contributed by atoms with Gasteiger partial charge in [0, 0.05) is 18.4 Å². The van der Waals surface area contributed by atoms with Crippen LogP contribution in [0, 0.1) is 6.92 Å². The van der Waals surface area contributed by atoms with E-state index >= 15 is 0 Å². The van der Waals surface area contributed by atoms with Crippen LogP contribution in [0.3, 0.4) is 0 Å². The summed E-state index contributed by atoms with van der Waals surface area (Å²) in [7, 11) is 0. The maximum Gasteiger partial charge on any atom is 0.0952 e. The first-order valence-corrected chi connectivity index (χ1v) is 5.34. The van der Waals surface area contributed by atoms with Crippen LogP contribution in [-0.4, -0.2) is 14.5 Å². The van der Waals surface area contributed by atoms with E-state index in [1.54, 1.807) is 6.33 Å². The Bertz CT molecular complexity index is 473. The molecule has 16 heavy (non-hydrogen) atoms. The van der Waals surface area contributed by atoms with E-state index in [-0.39, 0.29) is 6.04 Å². The lowest BCUT2D eigenvalue weighted by molar-refractivity contribution is 0.663. The monoisotopic (exact) mass is 216 g/mol. The fourth-order valence-corrected chi connectivity index (χ4v) is 1.69. The molecular weight excluding hydrogens is 200 g/mol.